The molecule has 1 aromatic rings. The van der Waals surface area contributed by atoms with E-state index in [9.17, 15) is 4.79 Å². The molecule has 1 aliphatic rings. The van der Waals surface area contributed by atoms with Gasteiger partial charge in [-0.2, -0.15) is 0 Å². The third-order valence-electron chi connectivity index (χ3n) is 4.47. The number of methoxy groups -OCH3 is 1. The SMILES string of the molecule is CCCN1CCC(NC(=O)C(CC)Oc2ccc(OC)cc2)CC1. The van der Waals surface area contributed by atoms with Gasteiger partial charge in [-0.25, -0.2) is 0 Å². The summed E-state index contributed by atoms with van der Waals surface area (Å²) in [6.45, 7) is 7.45. The Morgan fingerprint density at radius 3 is 2.38 bits per heavy atom. The molecule has 24 heavy (non-hydrogen) atoms. The molecule has 0 aromatic heterocycles. The molecule has 5 nitrogen and oxygen atoms in total. The molecule has 134 valence electrons. The van der Waals surface area contributed by atoms with Crippen molar-refractivity contribution < 1.29 is 14.3 Å². The first kappa shape index (κ1) is 18.6. The second kappa shape index (κ2) is 9.52. The number of ether oxygens (including phenoxy) is 2. The van der Waals surface area contributed by atoms with Crippen molar-refractivity contribution in [1.29, 1.82) is 0 Å². The minimum absolute atomic E-state index is 0.0118. The summed E-state index contributed by atoms with van der Waals surface area (Å²) in [5.41, 5.74) is 0. The van der Waals surface area contributed by atoms with Crippen molar-refractivity contribution in [1.82, 2.24) is 10.2 Å². The number of rotatable bonds is 8. The van der Waals surface area contributed by atoms with E-state index in [-0.39, 0.29) is 11.9 Å². The predicted molar refractivity (Wildman–Crippen MR) is 95.6 cm³/mol. The summed E-state index contributed by atoms with van der Waals surface area (Å²) in [7, 11) is 1.63. The van der Waals surface area contributed by atoms with Gasteiger partial charge in [0.25, 0.3) is 5.91 Å². The zero-order valence-electron chi connectivity index (χ0n) is 15.1. The predicted octanol–water partition coefficient (Wildman–Crippen LogP) is 2.84. The summed E-state index contributed by atoms with van der Waals surface area (Å²) in [6, 6.07) is 7.60. The summed E-state index contributed by atoms with van der Waals surface area (Å²) in [4.78, 5) is 15.0. The molecule has 1 N–H and O–H groups in total. The zero-order chi connectivity index (χ0) is 17.4. The summed E-state index contributed by atoms with van der Waals surface area (Å²) in [6.07, 6.45) is 3.42. The smallest absolute Gasteiger partial charge is 0.261 e. The van der Waals surface area contributed by atoms with Crippen molar-refractivity contribution in [3.05, 3.63) is 24.3 Å². The maximum atomic E-state index is 12.5. The van der Waals surface area contributed by atoms with E-state index in [1.807, 2.05) is 31.2 Å². The van der Waals surface area contributed by atoms with Gasteiger partial charge in [0.2, 0.25) is 0 Å². The Balaban J connectivity index is 1.82. The number of benzene rings is 1. The maximum absolute atomic E-state index is 12.5. The van der Waals surface area contributed by atoms with Gasteiger partial charge in [-0.1, -0.05) is 13.8 Å². The number of piperidine rings is 1. The monoisotopic (exact) mass is 334 g/mol. The van der Waals surface area contributed by atoms with E-state index in [4.69, 9.17) is 9.47 Å². The lowest BCUT2D eigenvalue weighted by molar-refractivity contribution is -0.129. The van der Waals surface area contributed by atoms with Crippen LogP contribution >= 0.6 is 0 Å². The van der Waals surface area contributed by atoms with Gasteiger partial charge in [0, 0.05) is 19.1 Å². The Bertz CT molecular complexity index is 496. The van der Waals surface area contributed by atoms with Gasteiger partial charge in [-0.15, -0.1) is 0 Å². The lowest BCUT2D eigenvalue weighted by Crippen LogP contribution is -2.48. The first-order valence-electron chi connectivity index (χ1n) is 8.99. The Kier molecular flexibility index (Phi) is 7.37. The maximum Gasteiger partial charge on any atom is 0.261 e. The number of carbonyl (C=O) groups is 1. The van der Waals surface area contributed by atoms with Gasteiger partial charge in [-0.3, -0.25) is 4.79 Å². The van der Waals surface area contributed by atoms with Gasteiger partial charge in [0.1, 0.15) is 11.5 Å². The minimum Gasteiger partial charge on any atom is -0.497 e. The minimum atomic E-state index is -0.452. The highest BCUT2D eigenvalue weighted by molar-refractivity contribution is 5.81. The molecule has 1 heterocycles. The number of carbonyl (C=O) groups excluding carboxylic acids is 1. The van der Waals surface area contributed by atoms with E-state index in [0.717, 1.165) is 38.2 Å². The van der Waals surface area contributed by atoms with Crippen LogP contribution in [0.3, 0.4) is 0 Å². The molecule has 0 aliphatic carbocycles. The molecule has 0 spiro atoms. The molecule has 5 heteroatoms. The van der Waals surface area contributed by atoms with Crippen molar-refractivity contribution in [2.75, 3.05) is 26.7 Å². The lowest BCUT2D eigenvalue weighted by Gasteiger charge is -2.32. The highest BCUT2D eigenvalue weighted by Gasteiger charge is 2.24. The molecule has 0 saturated carbocycles. The van der Waals surface area contributed by atoms with Crippen LogP contribution in [0, 0.1) is 0 Å². The summed E-state index contributed by atoms with van der Waals surface area (Å²) >= 11 is 0. The van der Waals surface area contributed by atoms with E-state index in [2.05, 4.69) is 17.1 Å². The quantitative estimate of drug-likeness (QED) is 0.794. The molecule has 1 atom stereocenters. The fraction of sp³-hybridized carbons (Fsp3) is 0.632. The molecule has 2 rings (SSSR count). The molecule has 1 unspecified atom stereocenters. The second-order valence-corrected chi connectivity index (χ2v) is 6.31. The average Bonchev–Trinajstić information content (AvgIpc) is 2.62. The van der Waals surface area contributed by atoms with Crippen LogP contribution in [-0.4, -0.2) is 49.7 Å². The van der Waals surface area contributed by atoms with Gasteiger partial charge in [0.15, 0.2) is 6.10 Å². The lowest BCUT2D eigenvalue weighted by atomic mass is 10.0. The Morgan fingerprint density at radius 2 is 1.83 bits per heavy atom. The van der Waals surface area contributed by atoms with Crippen molar-refractivity contribution in [2.45, 2.75) is 51.7 Å². The summed E-state index contributed by atoms with van der Waals surface area (Å²) in [5.74, 6) is 1.46. The summed E-state index contributed by atoms with van der Waals surface area (Å²) in [5, 5.41) is 3.16. The molecule has 0 bridgehead atoms. The van der Waals surface area contributed by atoms with Crippen molar-refractivity contribution >= 4 is 5.91 Å². The summed E-state index contributed by atoms with van der Waals surface area (Å²) < 4.78 is 11.0. The number of nitrogens with one attached hydrogen (secondary N) is 1. The van der Waals surface area contributed by atoms with Crippen LogP contribution in [0.4, 0.5) is 0 Å². The van der Waals surface area contributed by atoms with E-state index >= 15 is 0 Å². The van der Waals surface area contributed by atoms with Crippen LogP contribution in [0.1, 0.15) is 39.5 Å². The van der Waals surface area contributed by atoms with Gasteiger partial charge in [-0.05, 0) is 56.5 Å². The molecule has 1 aromatic carbocycles. The van der Waals surface area contributed by atoms with Crippen molar-refractivity contribution in [2.24, 2.45) is 0 Å². The van der Waals surface area contributed by atoms with Crippen LogP contribution in [0.25, 0.3) is 0 Å². The molecular weight excluding hydrogens is 304 g/mol. The third-order valence-corrected chi connectivity index (χ3v) is 4.47. The van der Waals surface area contributed by atoms with Gasteiger partial charge in [0.05, 0.1) is 7.11 Å². The number of hydrogen-bond donors (Lipinski definition) is 1. The van der Waals surface area contributed by atoms with Crippen LogP contribution in [0.15, 0.2) is 24.3 Å². The van der Waals surface area contributed by atoms with Crippen LogP contribution in [0.5, 0.6) is 11.5 Å². The largest absolute Gasteiger partial charge is 0.497 e. The van der Waals surface area contributed by atoms with E-state index in [0.29, 0.717) is 12.2 Å². The average molecular weight is 334 g/mol. The van der Waals surface area contributed by atoms with E-state index < -0.39 is 6.10 Å². The first-order chi connectivity index (χ1) is 11.7. The standard InChI is InChI=1S/C19H30N2O3/c1-4-12-21-13-10-15(11-14-21)20-19(22)18(5-2)24-17-8-6-16(23-3)7-9-17/h6-9,15,18H,4-5,10-14H2,1-3H3,(H,20,22). The van der Waals surface area contributed by atoms with Gasteiger partial charge < -0.3 is 19.7 Å². The first-order valence-corrected chi connectivity index (χ1v) is 8.99. The molecule has 1 amide bonds. The fourth-order valence-corrected chi connectivity index (χ4v) is 3.05. The number of nitrogens with zero attached hydrogens (tertiary/aromatic N) is 1. The number of amides is 1. The molecule has 0 radical (unpaired) electrons. The van der Waals surface area contributed by atoms with E-state index in [1.165, 1.54) is 6.42 Å². The highest BCUT2D eigenvalue weighted by Crippen LogP contribution is 2.19. The number of hydrogen-bond acceptors (Lipinski definition) is 4. The highest BCUT2D eigenvalue weighted by atomic mass is 16.5. The molecule has 1 aliphatic heterocycles. The normalized spacial score (nSPS) is 17.3. The molecule has 1 saturated heterocycles. The van der Waals surface area contributed by atoms with Gasteiger partial charge >= 0.3 is 0 Å². The number of likely N-dealkylation sites (tertiary alicyclic amines) is 1. The topological polar surface area (TPSA) is 50.8 Å². The van der Waals surface area contributed by atoms with Crippen molar-refractivity contribution in [3.8, 4) is 11.5 Å². The Morgan fingerprint density at radius 1 is 1.21 bits per heavy atom. The van der Waals surface area contributed by atoms with Crippen molar-refractivity contribution in [3.63, 3.8) is 0 Å². The fourth-order valence-electron chi connectivity index (χ4n) is 3.05. The van der Waals surface area contributed by atoms with Crippen LogP contribution in [-0.2, 0) is 4.79 Å². The Labute approximate surface area is 145 Å². The third kappa shape index (κ3) is 5.41. The molecular formula is C19H30N2O3. The second-order valence-electron chi connectivity index (χ2n) is 6.31. The molecule has 1 fully saturated rings. The Hall–Kier alpha value is -1.75. The van der Waals surface area contributed by atoms with Crippen LogP contribution < -0.4 is 14.8 Å². The van der Waals surface area contributed by atoms with Crippen LogP contribution in [0.2, 0.25) is 0 Å². The van der Waals surface area contributed by atoms with E-state index in [1.54, 1.807) is 7.11 Å². The zero-order valence-corrected chi connectivity index (χ0v) is 15.1.